The molecular formula is C34H64O4. The molecule has 4 atom stereocenters. The standard InChI is InChI=1S/C34H64O4/c1-7-27(3)29(5)19-15-11-9-13-17-25-37-33(35)31-21-23-32(24-22-31)34(36)38-26-18-14-10-12-16-20-30(6)28(4)8-2/h27-32H,7-26H2,1-6H3. The Morgan fingerprint density at radius 2 is 0.842 bits per heavy atom. The lowest BCUT2D eigenvalue weighted by Crippen LogP contribution is -2.28. The number of carbonyl (C=O) groups excluding carboxylic acids is 2. The Morgan fingerprint density at radius 3 is 1.18 bits per heavy atom. The maximum Gasteiger partial charge on any atom is 0.308 e. The number of ether oxygens (including phenoxy) is 2. The normalized spacial score (nSPS) is 20.9. The molecule has 4 nitrogen and oxygen atoms in total. The van der Waals surface area contributed by atoms with Crippen molar-refractivity contribution in [2.45, 2.75) is 157 Å². The van der Waals surface area contributed by atoms with Crippen LogP contribution in [0.5, 0.6) is 0 Å². The summed E-state index contributed by atoms with van der Waals surface area (Å²) in [7, 11) is 0. The molecule has 0 aromatic heterocycles. The fourth-order valence-corrected chi connectivity index (χ4v) is 5.72. The highest BCUT2D eigenvalue weighted by Gasteiger charge is 2.31. The van der Waals surface area contributed by atoms with Crippen molar-refractivity contribution in [3.63, 3.8) is 0 Å². The van der Waals surface area contributed by atoms with Crippen LogP contribution < -0.4 is 0 Å². The van der Waals surface area contributed by atoms with E-state index in [1.165, 1.54) is 64.2 Å². The van der Waals surface area contributed by atoms with E-state index in [2.05, 4.69) is 41.5 Å². The Kier molecular flexibility index (Phi) is 20.0. The van der Waals surface area contributed by atoms with Crippen LogP contribution in [-0.4, -0.2) is 25.2 Å². The second-order valence-electron chi connectivity index (χ2n) is 12.7. The summed E-state index contributed by atoms with van der Waals surface area (Å²) in [6.07, 6.45) is 20.1. The molecule has 1 aliphatic rings. The highest BCUT2D eigenvalue weighted by atomic mass is 16.5. The summed E-state index contributed by atoms with van der Waals surface area (Å²) < 4.78 is 11.1. The Balaban J connectivity index is 2.00. The molecule has 0 aromatic rings. The minimum Gasteiger partial charge on any atom is -0.465 e. The van der Waals surface area contributed by atoms with Crippen molar-refractivity contribution in [2.24, 2.45) is 35.5 Å². The van der Waals surface area contributed by atoms with Crippen LogP contribution in [0.2, 0.25) is 0 Å². The Bertz CT molecular complexity index is 543. The van der Waals surface area contributed by atoms with Crippen LogP contribution >= 0.6 is 0 Å². The summed E-state index contributed by atoms with van der Waals surface area (Å²) in [6.45, 7) is 15.1. The first kappa shape index (κ1) is 35.0. The van der Waals surface area contributed by atoms with Gasteiger partial charge in [-0.1, -0.05) is 119 Å². The zero-order chi connectivity index (χ0) is 28.2. The van der Waals surface area contributed by atoms with Gasteiger partial charge in [0.15, 0.2) is 0 Å². The molecule has 1 aliphatic carbocycles. The summed E-state index contributed by atoms with van der Waals surface area (Å²) in [5.41, 5.74) is 0. The Hall–Kier alpha value is -1.06. The van der Waals surface area contributed by atoms with Gasteiger partial charge in [-0.05, 0) is 62.2 Å². The summed E-state index contributed by atoms with van der Waals surface area (Å²) in [5.74, 6) is 3.11. The largest absolute Gasteiger partial charge is 0.465 e. The third-order valence-corrected chi connectivity index (χ3v) is 9.72. The van der Waals surface area contributed by atoms with Gasteiger partial charge in [-0.15, -0.1) is 0 Å². The zero-order valence-electron chi connectivity index (χ0n) is 26.2. The van der Waals surface area contributed by atoms with Gasteiger partial charge in [0.05, 0.1) is 25.0 Å². The summed E-state index contributed by atoms with van der Waals surface area (Å²) in [4.78, 5) is 24.9. The van der Waals surface area contributed by atoms with Gasteiger partial charge in [0.1, 0.15) is 0 Å². The Labute approximate surface area is 236 Å². The second kappa shape index (κ2) is 21.7. The van der Waals surface area contributed by atoms with Gasteiger partial charge in [0.25, 0.3) is 0 Å². The molecule has 0 spiro atoms. The lowest BCUT2D eigenvalue weighted by atomic mass is 9.82. The average molecular weight is 537 g/mol. The van der Waals surface area contributed by atoms with Crippen molar-refractivity contribution in [3.05, 3.63) is 0 Å². The third kappa shape index (κ3) is 15.5. The predicted molar refractivity (Wildman–Crippen MR) is 160 cm³/mol. The number of carbonyl (C=O) groups is 2. The fraction of sp³-hybridized carbons (Fsp3) is 0.941. The third-order valence-electron chi connectivity index (χ3n) is 9.72. The van der Waals surface area contributed by atoms with Gasteiger partial charge >= 0.3 is 11.9 Å². The first-order chi connectivity index (χ1) is 18.3. The SMILES string of the molecule is CCC(C)C(C)CCCCCCCOC(=O)C1CCC(C(=O)OCCCCCCCC(C)C(C)CC)CC1. The Morgan fingerprint density at radius 1 is 0.526 bits per heavy atom. The molecule has 0 N–H and O–H groups in total. The van der Waals surface area contributed by atoms with Crippen LogP contribution in [0.15, 0.2) is 0 Å². The zero-order valence-corrected chi connectivity index (χ0v) is 26.2. The van der Waals surface area contributed by atoms with E-state index in [-0.39, 0.29) is 23.8 Å². The molecule has 0 saturated heterocycles. The van der Waals surface area contributed by atoms with E-state index in [9.17, 15) is 9.59 Å². The molecule has 0 radical (unpaired) electrons. The van der Waals surface area contributed by atoms with Crippen molar-refractivity contribution in [1.82, 2.24) is 0 Å². The number of rotatable bonds is 22. The smallest absolute Gasteiger partial charge is 0.308 e. The maximum absolute atomic E-state index is 12.4. The van der Waals surface area contributed by atoms with E-state index >= 15 is 0 Å². The van der Waals surface area contributed by atoms with Crippen molar-refractivity contribution in [2.75, 3.05) is 13.2 Å². The highest BCUT2D eigenvalue weighted by Crippen LogP contribution is 2.30. The van der Waals surface area contributed by atoms with Crippen molar-refractivity contribution < 1.29 is 19.1 Å². The topological polar surface area (TPSA) is 52.6 Å². The van der Waals surface area contributed by atoms with Gasteiger partial charge in [0.2, 0.25) is 0 Å². The number of hydrogen-bond donors (Lipinski definition) is 0. The summed E-state index contributed by atoms with van der Waals surface area (Å²) >= 11 is 0. The van der Waals surface area contributed by atoms with E-state index in [0.717, 1.165) is 75.0 Å². The average Bonchev–Trinajstić information content (AvgIpc) is 2.94. The van der Waals surface area contributed by atoms with E-state index in [1.54, 1.807) is 0 Å². The minimum atomic E-state index is -0.0576. The fourth-order valence-electron chi connectivity index (χ4n) is 5.72. The van der Waals surface area contributed by atoms with Crippen LogP contribution in [0, 0.1) is 35.5 Å². The molecule has 1 fully saturated rings. The predicted octanol–water partition coefficient (Wildman–Crippen LogP) is 9.92. The molecule has 0 amide bonds. The van der Waals surface area contributed by atoms with Crippen molar-refractivity contribution in [3.8, 4) is 0 Å². The lowest BCUT2D eigenvalue weighted by Gasteiger charge is -2.26. The van der Waals surface area contributed by atoms with Crippen molar-refractivity contribution >= 4 is 11.9 Å². The van der Waals surface area contributed by atoms with E-state index < -0.39 is 0 Å². The molecule has 38 heavy (non-hydrogen) atoms. The molecule has 0 aromatic carbocycles. The van der Waals surface area contributed by atoms with Crippen molar-refractivity contribution in [1.29, 1.82) is 0 Å². The molecule has 4 heteroatoms. The molecule has 0 heterocycles. The van der Waals surface area contributed by atoms with Crippen LogP contribution in [0.4, 0.5) is 0 Å². The molecule has 0 bridgehead atoms. The molecule has 4 unspecified atom stereocenters. The lowest BCUT2D eigenvalue weighted by molar-refractivity contribution is -0.155. The van der Waals surface area contributed by atoms with Gasteiger partial charge in [-0.3, -0.25) is 9.59 Å². The minimum absolute atomic E-state index is 0.0378. The van der Waals surface area contributed by atoms with Crippen LogP contribution in [0.1, 0.15) is 157 Å². The first-order valence-corrected chi connectivity index (χ1v) is 16.6. The number of unbranched alkanes of at least 4 members (excludes halogenated alkanes) is 8. The second-order valence-corrected chi connectivity index (χ2v) is 12.7. The number of esters is 2. The monoisotopic (exact) mass is 536 g/mol. The van der Waals surface area contributed by atoms with Crippen LogP contribution in [0.25, 0.3) is 0 Å². The molecule has 0 aliphatic heterocycles. The van der Waals surface area contributed by atoms with Crippen LogP contribution in [-0.2, 0) is 19.1 Å². The van der Waals surface area contributed by atoms with Gasteiger partial charge < -0.3 is 9.47 Å². The van der Waals surface area contributed by atoms with Gasteiger partial charge in [0, 0.05) is 0 Å². The van der Waals surface area contributed by atoms with E-state index in [0.29, 0.717) is 13.2 Å². The summed E-state index contributed by atoms with van der Waals surface area (Å²) in [5, 5.41) is 0. The molecular weight excluding hydrogens is 472 g/mol. The van der Waals surface area contributed by atoms with Gasteiger partial charge in [-0.25, -0.2) is 0 Å². The number of hydrogen-bond acceptors (Lipinski definition) is 4. The van der Waals surface area contributed by atoms with Crippen LogP contribution in [0.3, 0.4) is 0 Å². The highest BCUT2D eigenvalue weighted by molar-refractivity contribution is 5.75. The van der Waals surface area contributed by atoms with Gasteiger partial charge in [-0.2, -0.15) is 0 Å². The molecule has 1 saturated carbocycles. The summed E-state index contributed by atoms with van der Waals surface area (Å²) in [6, 6.07) is 0. The molecule has 1 rings (SSSR count). The first-order valence-electron chi connectivity index (χ1n) is 16.6. The molecule has 224 valence electrons. The maximum atomic E-state index is 12.4. The van der Waals surface area contributed by atoms with E-state index in [4.69, 9.17) is 9.47 Å². The quantitative estimate of drug-likeness (QED) is 0.102. The van der Waals surface area contributed by atoms with E-state index in [1.807, 2.05) is 0 Å².